The van der Waals surface area contributed by atoms with Crippen molar-refractivity contribution in [2.75, 3.05) is 0 Å². The Kier molecular flexibility index (Phi) is 6.75. The fourth-order valence-electron chi connectivity index (χ4n) is 3.37. The topological polar surface area (TPSA) is 45.8 Å². The average molecular weight is 381 g/mol. The summed E-state index contributed by atoms with van der Waals surface area (Å²) < 4.78 is 13.7. The molecule has 3 aromatic rings. The van der Waals surface area contributed by atoms with Gasteiger partial charge in [0, 0.05) is 31.1 Å². The third-order valence-electron chi connectivity index (χ3n) is 5.08. The highest BCUT2D eigenvalue weighted by atomic mass is 19.1. The molecule has 0 atom stereocenters. The van der Waals surface area contributed by atoms with Crippen LogP contribution >= 0.6 is 0 Å². The number of unbranched alkanes of at least 4 members (excludes halogenated alkanes) is 1. The Hall–Kier alpha value is -2.75. The summed E-state index contributed by atoms with van der Waals surface area (Å²) >= 11 is 0. The molecular weight excluding hydrogens is 351 g/mol. The maximum Gasteiger partial charge on any atom is 0.139 e. The number of aryl methyl sites for hydroxylation is 2. The molecule has 0 aliphatic heterocycles. The molecule has 0 aliphatic rings. The second-order valence-corrected chi connectivity index (χ2v) is 7.30. The molecule has 0 aliphatic carbocycles. The average Bonchev–Trinajstić information content (AvgIpc) is 3.10. The Labute approximate surface area is 167 Å². The maximum absolute atomic E-state index is 13.7. The van der Waals surface area contributed by atoms with Gasteiger partial charge < -0.3 is 0 Å². The number of carbonyl (C=O) groups is 1. The van der Waals surface area contributed by atoms with Gasteiger partial charge in [-0.2, -0.15) is 5.10 Å². The van der Waals surface area contributed by atoms with Crippen LogP contribution in [0.1, 0.15) is 50.0 Å². The van der Waals surface area contributed by atoms with E-state index in [0.717, 1.165) is 47.3 Å². The molecule has 0 spiro atoms. The molecule has 4 heteroatoms. The number of rotatable bonds is 9. The van der Waals surface area contributed by atoms with Crippen LogP contribution in [0.4, 0.5) is 4.39 Å². The largest absolute Gasteiger partial charge is 0.299 e. The van der Waals surface area contributed by atoms with Crippen molar-refractivity contribution in [3.8, 4) is 11.3 Å². The maximum atomic E-state index is 13.7. The SMILES string of the molecule is CCCCc1c(-c2ccccc2)n[nH]c1CC(=O)CCc1ccc(C)c(F)c1.[HH]. The zero-order valence-electron chi connectivity index (χ0n) is 16.6. The van der Waals surface area contributed by atoms with Crippen LogP contribution in [0.15, 0.2) is 48.5 Å². The molecule has 0 fully saturated rings. The number of aromatic nitrogens is 2. The minimum Gasteiger partial charge on any atom is -0.299 e. The first-order chi connectivity index (χ1) is 13.6. The number of aromatic amines is 1. The highest BCUT2D eigenvalue weighted by Gasteiger charge is 2.17. The third-order valence-corrected chi connectivity index (χ3v) is 5.08. The lowest BCUT2D eigenvalue weighted by Gasteiger charge is -2.06. The van der Waals surface area contributed by atoms with Crippen molar-refractivity contribution in [3.63, 3.8) is 0 Å². The van der Waals surface area contributed by atoms with E-state index in [1.54, 1.807) is 13.0 Å². The minimum absolute atomic E-state index is 0. The number of benzene rings is 2. The van der Waals surface area contributed by atoms with Crippen molar-refractivity contribution in [2.45, 2.75) is 52.4 Å². The molecular formula is C24H29FN2O. The van der Waals surface area contributed by atoms with Crippen molar-refractivity contribution >= 4 is 5.78 Å². The first-order valence-electron chi connectivity index (χ1n) is 9.96. The first-order valence-corrected chi connectivity index (χ1v) is 9.96. The highest BCUT2D eigenvalue weighted by molar-refractivity contribution is 5.81. The summed E-state index contributed by atoms with van der Waals surface area (Å²) in [6, 6.07) is 15.3. The molecule has 0 bridgehead atoms. The monoisotopic (exact) mass is 380 g/mol. The Bertz CT molecular complexity index is 937. The standard InChI is InChI=1S/C24H27FN2O.H2/c1-3-4-10-21-23(26-27-24(21)19-8-6-5-7-9-19)16-20(28)14-13-18-12-11-17(2)22(25)15-18;/h5-9,11-12,15H,3-4,10,13-14,16H2,1-2H3,(H,26,27);1H. The number of hydrogen-bond acceptors (Lipinski definition) is 2. The lowest BCUT2D eigenvalue weighted by molar-refractivity contribution is -0.118. The predicted molar refractivity (Wildman–Crippen MR) is 113 cm³/mol. The molecule has 2 aromatic carbocycles. The van der Waals surface area contributed by atoms with E-state index >= 15 is 0 Å². The smallest absolute Gasteiger partial charge is 0.139 e. The summed E-state index contributed by atoms with van der Waals surface area (Å²) in [6.07, 6.45) is 4.35. The van der Waals surface area contributed by atoms with Crippen LogP contribution in [0.25, 0.3) is 11.3 Å². The molecule has 0 saturated heterocycles. The number of carbonyl (C=O) groups excluding carboxylic acids is 1. The predicted octanol–water partition coefficient (Wildman–Crippen LogP) is 5.86. The normalized spacial score (nSPS) is 11.0. The quantitative estimate of drug-likeness (QED) is 0.505. The minimum atomic E-state index is -0.215. The molecule has 0 radical (unpaired) electrons. The molecule has 1 aromatic heterocycles. The summed E-state index contributed by atoms with van der Waals surface area (Å²) in [4.78, 5) is 12.6. The summed E-state index contributed by atoms with van der Waals surface area (Å²) in [5.74, 6) is -0.0742. The van der Waals surface area contributed by atoms with Gasteiger partial charge in [0.15, 0.2) is 0 Å². The van der Waals surface area contributed by atoms with Crippen LogP contribution in [0, 0.1) is 12.7 Å². The van der Waals surface area contributed by atoms with Crippen molar-refractivity contribution in [1.29, 1.82) is 0 Å². The van der Waals surface area contributed by atoms with Crippen molar-refractivity contribution in [1.82, 2.24) is 10.2 Å². The number of hydrogen-bond donors (Lipinski definition) is 1. The number of halogens is 1. The Morgan fingerprint density at radius 3 is 2.64 bits per heavy atom. The Morgan fingerprint density at radius 2 is 1.93 bits per heavy atom. The lowest BCUT2D eigenvalue weighted by atomic mass is 9.97. The summed E-state index contributed by atoms with van der Waals surface area (Å²) in [5, 5.41) is 7.60. The van der Waals surface area contributed by atoms with E-state index in [9.17, 15) is 9.18 Å². The number of nitrogens with one attached hydrogen (secondary N) is 1. The van der Waals surface area contributed by atoms with Gasteiger partial charge in [-0.1, -0.05) is 55.8 Å². The van der Waals surface area contributed by atoms with Crippen LogP contribution < -0.4 is 0 Å². The second-order valence-electron chi connectivity index (χ2n) is 7.30. The van der Waals surface area contributed by atoms with Crippen LogP contribution in [-0.4, -0.2) is 16.0 Å². The van der Waals surface area contributed by atoms with Gasteiger partial charge in [0.25, 0.3) is 0 Å². The number of Topliss-reactive ketones (excluding diaryl/α,β-unsaturated/α-hetero) is 1. The van der Waals surface area contributed by atoms with E-state index in [1.807, 2.05) is 36.4 Å². The summed E-state index contributed by atoms with van der Waals surface area (Å²) in [5.41, 5.74) is 5.55. The first kappa shape index (κ1) is 20.0. The molecule has 3 rings (SSSR count). The van der Waals surface area contributed by atoms with Crippen LogP contribution in [-0.2, 0) is 24.1 Å². The van der Waals surface area contributed by atoms with Gasteiger partial charge in [-0.05, 0) is 43.4 Å². The van der Waals surface area contributed by atoms with Crippen LogP contribution in [0.3, 0.4) is 0 Å². The number of ketones is 1. The fraction of sp³-hybridized carbons (Fsp3) is 0.333. The van der Waals surface area contributed by atoms with Crippen molar-refractivity contribution in [2.24, 2.45) is 0 Å². The van der Waals surface area contributed by atoms with E-state index in [-0.39, 0.29) is 13.0 Å². The number of H-pyrrole nitrogens is 1. The third kappa shape index (κ3) is 4.94. The van der Waals surface area contributed by atoms with Gasteiger partial charge in [-0.15, -0.1) is 0 Å². The molecule has 28 heavy (non-hydrogen) atoms. The van der Waals surface area contributed by atoms with E-state index < -0.39 is 0 Å². The van der Waals surface area contributed by atoms with E-state index in [1.165, 1.54) is 6.07 Å². The van der Waals surface area contributed by atoms with Crippen LogP contribution in [0.5, 0.6) is 0 Å². The van der Waals surface area contributed by atoms with Gasteiger partial charge in [-0.3, -0.25) is 9.89 Å². The Balaban J connectivity index is 0.00000300. The molecule has 0 amide bonds. The zero-order valence-corrected chi connectivity index (χ0v) is 16.6. The number of nitrogens with zero attached hydrogens (tertiary/aromatic N) is 1. The Morgan fingerprint density at radius 1 is 1.14 bits per heavy atom. The van der Waals surface area contributed by atoms with Gasteiger partial charge in [0.2, 0.25) is 0 Å². The van der Waals surface area contributed by atoms with Gasteiger partial charge in [0.1, 0.15) is 11.6 Å². The van der Waals surface area contributed by atoms with Gasteiger partial charge in [-0.25, -0.2) is 4.39 Å². The van der Waals surface area contributed by atoms with E-state index in [2.05, 4.69) is 17.1 Å². The van der Waals surface area contributed by atoms with Crippen molar-refractivity contribution in [3.05, 3.63) is 76.7 Å². The molecule has 1 N–H and O–H groups in total. The highest BCUT2D eigenvalue weighted by Crippen LogP contribution is 2.26. The second kappa shape index (κ2) is 9.45. The molecule has 148 valence electrons. The zero-order chi connectivity index (χ0) is 19.9. The fourth-order valence-corrected chi connectivity index (χ4v) is 3.37. The van der Waals surface area contributed by atoms with E-state index in [4.69, 9.17) is 0 Å². The summed E-state index contributed by atoms with van der Waals surface area (Å²) in [6.45, 7) is 3.90. The molecule has 3 nitrogen and oxygen atoms in total. The lowest BCUT2D eigenvalue weighted by Crippen LogP contribution is -2.07. The van der Waals surface area contributed by atoms with E-state index in [0.29, 0.717) is 24.8 Å². The van der Waals surface area contributed by atoms with Gasteiger partial charge >= 0.3 is 0 Å². The van der Waals surface area contributed by atoms with Crippen molar-refractivity contribution < 1.29 is 10.6 Å². The van der Waals surface area contributed by atoms with Gasteiger partial charge in [0.05, 0.1) is 5.69 Å². The molecule has 1 heterocycles. The summed E-state index contributed by atoms with van der Waals surface area (Å²) in [7, 11) is 0. The molecule has 0 saturated carbocycles. The molecule has 0 unspecified atom stereocenters. The van der Waals surface area contributed by atoms with Crippen LogP contribution in [0.2, 0.25) is 0 Å².